The summed E-state index contributed by atoms with van der Waals surface area (Å²) >= 11 is 2.26. The van der Waals surface area contributed by atoms with Gasteiger partial charge in [-0.25, -0.2) is 0 Å². The zero-order chi connectivity index (χ0) is 12.1. The molecule has 0 radical (unpaired) electrons. The summed E-state index contributed by atoms with van der Waals surface area (Å²) in [7, 11) is 0. The second kappa shape index (κ2) is 6.38. The van der Waals surface area contributed by atoms with Crippen LogP contribution in [0.15, 0.2) is 24.3 Å². The Labute approximate surface area is 116 Å². The Morgan fingerprint density at radius 2 is 1.76 bits per heavy atom. The third-order valence-electron chi connectivity index (χ3n) is 3.36. The molecule has 1 aromatic carbocycles. The van der Waals surface area contributed by atoms with Crippen molar-refractivity contribution in [1.29, 1.82) is 0 Å². The number of rotatable bonds is 2. The number of hydrogen-bond donors (Lipinski definition) is 1. The number of carbonyl (C=O) groups excluding carboxylic acids is 1. The van der Waals surface area contributed by atoms with E-state index in [2.05, 4.69) is 27.9 Å². The first-order valence-corrected chi connectivity index (χ1v) is 7.40. The van der Waals surface area contributed by atoms with Crippen molar-refractivity contribution in [1.82, 2.24) is 0 Å². The number of benzene rings is 1. The molecule has 2 rings (SSSR count). The normalized spacial score (nSPS) is 17.5. The molecule has 92 valence electrons. The Kier molecular flexibility index (Phi) is 4.83. The predicted octanol–water partition coefficient (Wildman–Crippen LogP) is 4.20. The van der Waals surface area contributed by atoms with E-state index in [1.807, 2.05) is 24.3 Å². The molecule has 1 aliphatic rings. The van der Waals surface area contributed by atoms with Crippen molar-refractivity contribution in [2.75, 3.05) is 5.32 Å². The molecule has 0 unspecified atom stereocenters. The highest BCUT2D eigenvalue weighted by atomic mass is 127. The second-order valence-electron chi connectivity index (χ2n) is 4.66. The van der Waals surface area contributed by atoms with E-state index >= 15 is 0 Å². The second-order valence-corrected chi connectivity index (χ2v) is 5.82. The van der Waals surface area contributed by atoms with Crippen LogP contribution in [0.2, 0.25) is 0 Å². The van der Waals surface area contributed by atoms with E-state index in [0.29, 0.717) is 0 Å². The molecular weight excluding hydrogens is 325 g/mol. The first-order chi connectivity index (χ1) is 8.27. The highest BCUT2D eigenvalue weighted by Crippen LogP contribution is 2.25. The van der Waals surface area contributed by atoms with Crippen LogP contribution in [0.25, 0.3) is 0 Å². The lowest BCUT2D eigenvalue weighted by Crippen LogP contribution is -2.22. The molecule has 1 N–H and O–H groups in total. The number of carbonyl (C=O) groups is 1. The monoisotopic (exact) mass is 343 g/mol. The summed E-state index contributed by atoms with van der Waals surface area (Å²) in [6.45, 7) is 0. The standard InChI is InChI=1S/C14H18INO/c15-12-9-5-6-10-13(12)16-14(17)11-7-3-1-2-4-8-11/h5-6,9-11H,1-4,7-8H2,(H,16,17). The molecule has 17 heavy (non-hydrogen) atoms. The Hall–Kier alpha value is -0.580. The van der Waals surface area contributed by atoms with E-state index in [-0.39, 0.29) is 11.8 Å². The minimum atomic E-state index is 0.205. The molecule has 0 saturated heterocycles. The minimum Gasteiger partial charge on any atom is -0.325 e. The van der Waals surface area contributed by atoms with Crippen LogP contribution in [-0.2, 0) is 4.79 Å². The van der Waals surface area contributed by atoms with E-state index in [4.69, 9.17) is 0 Å². The molecule has 1 fully saturated rings. The van der Waals surface area contributed by atoms with Crippen molar-refractivity contribution in [2.45, 2.75) is 38.5 Å². The lowest BCUT2D eigenvalue weighted by molar-refractivity contribution is -0.120. The van der Waals surface area contributed by atoms with Gasteiger partial charge in [0.15, 0.2) is 0 Å². The predicted molar refractivity (Wildman–Crippen MR) is 79.0 cm³/mol. The zero-order valence-electron chi connectivity index (χ0n) is 9.92. The van der Waals surface area contributed by atoms with Gasteiger partial charge in [-0.3, -0.25) is 4.79 Å². The summed E-state index contributed by atoms with van der Waals surface area (Å²) in [5.74, 6) is 0.421. The Bertz CT molecular complexity index is 384. The van der Waals surface area contributed by atoms with Gasteiger partial charge in [-0.05, 0) is 47.6 Å². The van der Waals surface area contributed by atoms with Gasteiger partial charge >= 0.3 is 0 Å². The lowest BCUT2D eigenvalue weighted by Gasteiger charge is -2.14. The van der Waals surface area contributed by atoms with Crippen molar-refractivity contribution in [3.8, 4) is 0 Å². The summed E-state index contributed by atoms with van der Waals surface area (Å²) in [5.41, 5.74) is 0.947. The molecule has 0 heterocycles. The van der Waals surface area contributed by atoms with Crippen LogP contribution in [0.5, 0.6) is 0 Å². The first kappa shape index (κ1) is 12.9. The van der Waals surface area contributed by atoms with Crippen molar-refractivity contribution < 1.29 is 4.79 Å². The van der Waals surface area contributed by atoms with Gasteiger partial charge in [-0.1, -0.05) is 37.8 Å². The Morgan fingerprint density at radius 3 is 2.41 bits per heavy atom. The molecule has 1 saturated carbocycles. The molecule has 0 atom stereocenters. The highest BCUT2D eigenvalue weighted by molar-refractivity contribution is 14.1. The number of halogens is 1. The van der Waals surface area contributed by atoms with E-state index in [1.165, 1.54) is 25.7 Å². The van der Waals surface area contributed by atoms with Gasteiger partial charge in [-0.2, -0.15) is 0 Å². The van der Waals surface area contributed by atoms with Crippen molar-refractivity contribution in [3.63, 3.8) is 0 Å². The van der Waals surface area contributed by atoms with Crippen LogP contribution in [0.4, 0.5) is 5.69 Å². The molecule has 0 bridgehead atoms. The average molecular weight is 343 g/mol. The van der Waals surface area contributed by atoms with Crippen LogP contribution in [0.1, 0.15) is 38.5 Å². The molecule has 1 aromatic rings. The van der Waals surface area contributed by atoms with Crippen molar-refractivity contribution in [3.05, 3.63) is 27.8 Å². The quantitative estimate of drug-likeness (QED) is 0.633. The topological polar surface area (TPSA) is 29.1 Å². The van der Waals surface area contributed by atoms with Gasteiger partial charge in [0.25, 0.3) is 0 Å². The smallest absolute Gasteiger partial charge is 0.227 e. The van der Waals surface area contributed by atoms with Gasteiger partial charge < -0.3 is 5.32 Å². The maximum absolute atomic E-state index is 12.2. The lowest BCUT2D eigenvalue weighted by atomic mass is 9.99. The molecule has 0 aliphatic heterocycles. The molecule has 1 amide bonds. The van der Waals surface area contributed by atoms with Crippen LogP contribution in [0.3, 0.4) is 0 Å². The molecule has 2 nitrogen and oxygen atoms in total. The number of para-hydroxylation sites is 1. The van der Waals surface area contributed by atoms with Crippen LogP contribution in [-0.4, -0.2) is 5.91 Å². The molecule has 1 aliphatic carbocycles. The Morgan fingerprint density at radius 1 is 1.12 bits per heavy atom. The highest BCUT2D eigenvalue weighted by Gasteiger charge is 2.20. The number of nitrogens with one attached hydrogen (secondary N) is 1. The van der Waals surface area contributed by atoms with E-state index in [0.717, 1.165) is 22.1 Å². The zero-order valence-corrected chi connectivity index (χ0v) is 12.1. The third kappa shape index (κ3) is 3.69. The van der Waals surface area contributed by atoms with Gasteiger partial charge in [0, 0.05) is 9.49 Å². The largest absolute Gasteiger partial charge is 0.325 e. The maximum Gasteiger partial charge on any atom is 0.227 e. The molecule has 0 spiro atoms. The van der Waals surface area contributed by atoms with Crippen molar-refractivity contribution >= 4 is 34.2 Å². The molecular formula is C14H18INO. The first-order valence-electron chi connectivity index (χ1n) is 6.33. The van der Waals surface area contributed by atoms with E-state index < -0.39 is 0 Å². The van der Waals surface area contributed by atoms with Gasteiger partial charge in [0.2, 0.25) is 5.91 Å². The SMILES string of the molecule is O=C(Nc1ccccc1I)C1CCCCCC1. The fourth-order valence-corrected chi connectivity index (χ4v) is 2.86. The summed E-state index contributed by atoms with van der Waals surface area (Å²) in [6.07, 6.45) is 7.07. The number of anilines is 1. The average Bonchev–Trinajstić information content (AvgIpc) is 2.61. The summed E-state index contributed by atoms with van der Waals surface area (Å²) < 4.78 is 1.10. The van der Waals surface area contributed by atoms with Crippen LogP contribution in [0, 0.1) is 9.49 Å². The minimum absolute atomic E-state index is 0.205. The molecule has 0 aromatic heterocycles. The van der Waals surface area contributed by atoms with Crippen LogP contribution >= 0.6 is 22.6 Å². The third-order valence-corrected chi connectivity index (χ3v) is 4.30. The van der Waals surface area contributed by atoms with Crippen molar-refractivity contribution in [2.24, 2.45) is 5.92 Å². The summed E-state index contributed by atoms with van der Waals surface area (Å²) in [5, 5.41) is 3.06. The fraction of sp³-hybridized carbons (Fsp3) is 0.500. The number of amides is 1. The maximum atomic E-state index is 12.2. The van der Waals surface area contributed by atoms with E-state index in [9.17, 15) is 4.79 Å². The fourth-order valence-electron chi connectivity index (χ4n) is 2.34. The number of hydrogen-bond acceptors (Lipinski definition) is 1. The van der Waals surface area contributed by atoms with Gasteiger partial charge in [0.1, 0.15) is 0 Å². The summed E-state index contributed by atoms with van der Waals surface area (Å²) in [4.78, 5) is 12.2. The molecule has 3 heteroatoms. The Balaban J connectivity index is 1.98. The summed E-state index contributed by atoms with van der Waals surface area (Å²) in [6, 6.07) is 7.94. The van der Waals surface area contributed by atoms with Gasteiger partial charge in [0.05, 0.1) is 5.69 Å². The van der Waals surface area contributed by atoms with Gasteiger partial charge in [-0.15, -0.1) is 0 Å². The van der Waals surface area contributed by atoms with Crippen LogP contribution < -0.4 is 5.32 Å². The van der Waals surface area contributed by atoms with E-state index in [1.54, 1.807) is 0 Å².